The van der Waals surface area contributed by atoms with Gasteiger partial charge in [-0.25, -0.2) is 0 Å². The molecule has 1 aliphatic rings. The Morgan fingerprint density at radius 1 is 1.41 bits per heavy atom. The SMILES string of the molecule is CNC1CCOC(COC)(c2ccccc2)C1. The lowest BCUT2D eigenvalue weighted by Gasteiger charge is -2.40. The number of benzene rings is 1. The maximum atomic E-state index is 6.06. The maximum absolute atomic E-state index is 6.06. The predicted octanol–water partition coefficient (Wildman–Crippen LogP) is 1.93. The van der Waals surface area contributed by atoms with Crippen LogP contribution in [0.4, 0.5) is 0 Å². The van der Waals surface area contributed by atoms with E-state index in [-0.39, 0.29) is 5.60 Å². The van der Waals surface area contributed by atoms with Crippen molar-refractivity contribution in [1.82, 2.24) is 5.32 Å². The number of nitrogens with one attached hydrogen (secondary N) is 1. The number of methoxy groups -OCH3 is 1. The Hall–Kier alpha value is -0.900. The molecule has 0 saturated carbocycles. The summed E-state index contributed by atoms with van der Waals surface area (Å²) in [5, 5.41) is 3.35. The predicted molar refractivity (Wildman–Crippen MR) is 68.0 cm³/mol. The summed E-state index contributed by atoms with van der Waals surface area (Å²) in [5.41, 5.74) is 0.920. The van der Waals surface area contributed by atoms with Gasteiger partial charge in [0.05, 0.1) is 6.61 Å². The van der Waals surface area contributed by atoms with Gasteiger partial charge in [-0.15, -0.1) is 0 Å². The van der Waals surface area contributed by atoms with Gasteiger partial charge < -0.3 is 14.8 Å². The van der Waals surface area contributed by atoms with Crippen molar-refractivity contribution in [2.24, 2.45) is 0 Å². The number of ether oxygens (including phenoxy) is 2. The van der Waals surface area contributed by atoms with Crippen LogP contribution in [0.25, 0.3) is 0 Å². The highest BCUT2D eigenvalue weighted by Crippen LogP contribution is 2.35. The van der Waals surface area contributed by atoms with E-state index < -0.39 is 0 Å². The summed E-state index contributed by atoms with van der Waals surface area (Å²) in [7, 11) is 3.75. The molecule has 1 N–H and O–H groups in total. The minimum absolute atomic E-state index is 0.290. The summed E-state index contributed by atoms with van der Waals surface area (Å²) in [6, 6.07) is 10.9. The highest BCUT2D eigenvalue weighted by molar-refractivity contribution is 5.24. The van der Waals surface area contributed by atoms with Gasteiger partial charge in [0, 0.05) is 19.8 Å². The molecule has 1 saturated heterocycles. The third kappa shape index (κ3) is 2.68. The largest absolute Gasteiger partial charge is 0.381 e. The Balaban J connectivity index is 2.25. The Bertz CT molecular complexity index is 337. The molecule has 0 radical (unpaired) electrons. The van der Waals surface area contributed by atoms with E-state index in [9.17, 15) is 0 Å². The van der Waals surface area contributed by atoms with E-state index in [0.717, 1.165) is 19.4 Å². The van der Waals surface area contributed by atoms with Crippen LogP contribution in [-0.4, -0.2) is 33.4 Å². The summed E-state index contributed by atoms with van der Waals surface area (Å²) in [6.07, 6.45) is 2.02. The molecule has 94 valence electrons. The highest BCUT2D eigenvalue weighted by atomic mass is 16.5. The van der Waals surface area contributed by atoms with Crippen molar-refractivity contribution in [1.29, 1.82) is 0 Å². The second-order valence-corrected chi connectivity index (χ2v) is 4.62. The molecular weight excluding hydrogens is 214 g/mol. The zero-order chi connectivity index (χ0) is 12.1. The molecule has 3 nitrogen and oxygen atoms in total. The second kappa shape index (κ2) is 5.63. The van der Waals surface area contributed by atoms with E-state index in [1.807, 2.05) is 13.1 Å². The molecule has 2 unspecified atom stereocenters. The Kier molecular flexibility index (Phi) is 4.15. The first-order valence-electron chi connectivity index (χ1n) is 6.16. The van der Waals surface area contributed by atoms with Crippen LogP contribution in [0.15, 0.2) is 30.3 Å². The lowest BCUT2D eigenvalue weighted by atomic mass is 9.84. The van der Waals surface area contributed by atoms with E-state index >= 15 is 0 Å². The van der Waals surface area contributed by atoms with E-state index in [1.165, 1.54) is 5.56 Å². The van der Waals surface area contributed by atoms with Crippen molar-refractivity contribution in [3.8, 4) is 0 Å². The fourth-order valence-corrected chi connectivity index (χ4v) is 2.56. The van der Waals surface area contributed by atoms with Gasteiger partial charge >= 0.3 is 0 Å². The van der Waals surface area contributed by atoms with Crippen molar-refractivity contribution in [2.75, 3.05) is 27.4 Å². The Labute approximate surface area is 103 Å². The van der Waals surface area contributed by atoms with Crippen molar-refractivity contribution in [3.05, 3.63) is 35.9 Å². The molecule has 0 spiro atoms. The Morgan fingerprint density at radius 2 is 2.18 bits per heavy atom. The average Bonchev–Trinajstić information content (AvgIpc) is 2.40. The molecule has 1 aliphatic heterocycles. The number of rotatable bonds is 4. The van der Waals surface area contributed by atoms with Crippen LogP contribution in [0.3, 0.4) is 0 Å². The molecule has 0 aromatic heterocycles. The normalized spacial score (nSPS) is 29.2. The first-order valence-corrected chi connectivity index (χ1v) is 6.16. The Morgan fingerprint density at radius 3 is 2.82 bits per heavy atom. The molecule has 0 aliphatic carbocycles. The fourth-order valence-electron chi connectivity index (χ4n) is 2.56. The molecule has 1 heterocycles. The molecular formula is C14H21NO2. The summed E-state index contributed by atoms with van der Waals surface area (Å²) in [5.74, 6) is 0. The van der Waals surface area contributed by atoms with E-state index in [2.05, 4.69) is 29.6 Å². The van der Waals surface area contributed by atoms with Crippen molar-refractivity contribution in [3.63, 3.8) is 0 Å². The smallest absolute Gasteiger partial charge is 0.118 e. The lowest BCUT2D eigenvalue weighted by Crippen LogP contribution is -2.46. The van der Waals surface area contributed by atoms with Gasteiger partial charge in [0.2, 0.25) is 0 Å². The summed E-state index contributed by atoms with van der Waals surface area (Å²) in [6.45, 7) is 1.39. The summed E-state index contributed by atoms with van der Waals surface area (Å²) >= 11 is 0. The molecule has 3 heteroatoms. The van der Waals surface area contributed by atoms with Crippen molar-refractivity contribution < 1.29 is 9.47 Å². The van der Waals surface area contributed by atoms with Crippen molar-refractivity contribution in [2.45, 2.75) is 24.5 Å². The molecule has 17 heavy (non-hydrogen) atoms. The van der Waals surface area contributed by atoms with Crippen LogP contribution in [0.1, 0.15) is 18.4 Å². The number of hydrogen-bond donors (Lipinski definition) is 1. The van der Waals surface area contributed by atoms with E-state index in [1.54, 1.807) is 7.11 Å². The first-order chi connectivity index (χ1) is 8.30. The van der Waals surface area contributed by atoms with Crippen LogP contribution < -0.4 is 5.32 Å². The van der Waals surface area contributed by atoms with Crippen LogP contribution in [0.2, 0.25) is 0 Å². The standard InChI is InChI=1S/C14H21NO2/c1-15-13-8-9-17-14(10-13,11-16-2)12-6-4-3-5-7-12/h3-7,13,15H,8-11H2,1-2H3. The molecule has 1 aromatic rings. The van der Waals surface area contributed by atoms with Gasteiger partial charge in [0.15, 0.2) is 0 Å². The zero-order valence-corrected chi connectivity index (χ0v) is 10.6. The van der Waals surface area contributed by atoms with Gasteiger partial charge in [-0.2, -0.15) is 0 Å². The van der Waals surface area contributed by atoms with E-state index in [0.29, 0.717) is 12.6 Å². The van der Waals surface area contributed by atoms with Gasteiger partial charge in [0.1, 0.15) is 5.60 Å². The maximum Gasteiger partial charge on any atom is 0.118 e. The third-order valence-electron chi connectivity index (χ3n) is 3.51. The quantitative estimate of drug-likeness (QED) is 0.865. The van der Waals surface area contributed by atoms with Crippen LogP contribution in [0.5, 0.6) is 0 Å². The van der Waals surface area contributed by atoms with Crippen molar-refractivity contribution >= 4 is 0 Å². The average molecular weight is 235 g/mol. The summed E-state index contributed by atoms with van der Waals surface area (Å²) in [4.78, 5) is 0. The van der Waals surface area contributed by atoms with Gasteiger partial charge in [-0.05, 0) is 25.5 Å². The van der Waals surface area contributed by atoms with Crippen LogP contribution in [-0.2, 0) is 15.1 Å². The summed E-state index contributed by atoms with van der Waals surface area (Å²) < 4.78 is 11.4. The minimum atomic E-state index is -0.290. The lowest BCUT2D eigenvalue weighted by molar-refractivity contribution is -0.129. The van der Waals surface area contributed by atoms with Gasteiger partial charge in [0.25, 0.3) is 0 Å². The molecule has 0 amide bonds. The third-order valence-corrected chi connectivity index (χ3v) is 3.51. The van der Waals surface area contributed by atoms with Gasteiger partial charge in [-0.3, -0.25) is 0 Å². The molecule has 1 aromatic carbocycles. The topological polar surface area (TPSA) is 30.5 Å². The van der Waals surface area contributed by atoms with Crippen LogP contribution >= 0.6 is 0 Å². The highest BCUT2D eigenvalue weighted by Gasteiger charge is 2.38. The first kappa shape index (κ1) is 12.6. The van der Waals surface area contributed by atoms with Gasteiger partial charge in [-0.1, -0.05) is 30.3 Å². The second-order valence-electron chi connectivity index (χ2n) is 4.62. The monoisotopic (exact) mass is 235 g/mol. The number of hydrogen-bond acceptors (Lipinski definition) is 3. The van der Waals surface area contributed by atoms with E-state index in [4.69, 9.17) is 9.47 Å². The molecule has 1 fully saturated rings. The minimum Gasteiger partial charge on any atom is -0.381 e. The van der Waals surface area contributed by atoms with Crippen LogP contribution in [0, 0.1) is 0 Å². The molecule has 2 rings (SSSR count). The molecule has 2 atom stereocenters. The molecule has 0 bridgehead atoms. The fraction of sp³-hybridized carbons (Fsp3) is 0.571. The zero-order valence-electron chi connectivity index (χ0n) is 10.6.